The normalized spacial score (nSPS) is 17.0. The van der Waals surface area contributed by atoms with Crippen LogP contribution in [0.4, 0.5) is 0 Å². The smallest absolute Gasteiger partial charge is 0.123 e. The van der Waals surface area contributed by atoms with Crippen LogP contribution in [0.1, 0.15) is 0 Å². The van der Waals surface area contributed by atoms with E-state index in [9.17, 15) is 4.21 Å². The minimum Gasteiger partial charge on any atom is -0.379 e. The molecule has 7 heteroatoms. The molecule has 0 N–H and O–H groups in total. The highest BCUT2D eigenvalue weighted by Gasteiger charge is 2.18. The van der Waals surface area contributed by atoms with Gasteiger partial charge < -0.3 is 4.74 Å². The summed E-state index contributed by atoms with van der Waals surface area (Å²) in [6.45, 7) is 4.88. The van der Waals surface area contributed by atoms with Crippen molar-refractivity contribution in [1.29, 1.82) is 0 Å². The Hall–Kier alpha value is -0.730. The maximum absolute atomic E-state index is 13.4. The van der Waals surface area contributed by atoms with Gasteiger partial charge in [0.15, 0.2) is 0 Å². The first-order valence-electron chi connectivity index (χ1n) is 6.89. The molecule has 0 amide bonds. The molecule has 0 aliphatic carbocycles. The summed E-state index contributed by atoms with van der Waals surface area (Å²) < 4.78 is 25.0. The van der Waals surface area contributed by atoms with Gasteiger partial charge in [0.25, 0.3) is 0 Å². The molecule has 0 bridgehead atoms. The Morgan fingerprint density at radius 3 is 2.29 bits per heavy atom. The van der Waals surface area contributed by atoms with E-state index in [1.54, 1.807) is 0 Å². The molecular formula is C14H18N2O2S3. The van der Waals surface area contributed by atoms with E-state index in [0.29, 0.717) is 6.54 Å². The van der Waals surface area contributed by atoms with Gasteiger partial charge in [0.05, 0.1) is 19.8 Å². The Kier molecular flexibility index (Phi) is 5.07. The fourth-order valence-corrected chi connectivity index (χ4v) is 6.81. The van der Waals surface area contributed by atoms with E-state index in [4.69, 9.17) is 4.74 Å². The zero-order valence-corrected chi connectivity index (χ0v) is 14.1. The van der Waals surface area contributed by atoms with Crippen LogP contribution in [0.2, 0.25) is 0 Å². The Balaban J connectivity index is 1.79. The number of rotatable bonds is 5. The summed E-state index contributed by atoms with van der Waals surface area (Å²) in [6.07, 6.45) is 0. The highest BCUT2D eigenvalue weighted by molar-refractivity contribution is 7.97. The molecule has 0 spiro atoms. The zero-order chi connectivity index (χ0) is 14.5. The molecule has 0 atom stereocenters. The van der Waals surface area contributed by atoms with Gasteiger partial charge in [0.2, 0.25) is 0 Å². The molecule has 0 unspecified atom stereocenters. The van der Waals surface area contributed by atoms with Crippen molar-refractivity contribution in [2.75, 3.05) is 39.4 Å². The molecule has 3 heterocycles. The van der Waals surface area contributed by atoms with Gasteiger partial charge in [-0.15, -0.1) is 22.7 Å². The van der Waals surface area contributed by atoms with Gasteiger partial charge in [-0.25, -0.2) is 8.57 Å². The van der Waals surface area contributed by atoms with Gasteiger partial charge in [-0.05, 0) is 22.9 Å². The van der Waals surface area contributed by atoms with Crippen LogP contribution in [0.15, 0.2) is 47.8 Å². The second kappa shape index (κ2) is 7.02. The molecule has 0 aromatic carbocycles. The van der Waals surface area contributed by atoms with E-state index in [1.165, 1.54) is 22.7 Å². The number of ether oxygens (including phenoxy) is 1. The van der Waals surface area contributed by atoms with Gasteiger partial charge in [0, 0.05) is 19.6 Å². The quantitative estimate of drug-likeness (QED) is 0.839. The summed E-state index contributed by atoms with van der Waals surface area (Å²) in [5, 5.41) is 3.92. The molecule has 0 saturated carbocycles. The summed E-state index contributed by atoms with van der Waals surface area (Å²) in [5.74, 6) is 0. The minimum absolute atomic E-state index is 0.592. The lowest BCUT2D eigenvalue weighted by Gasteiger charge is -2.25. The van der Waals surface area contributed by atoms with Crippen molar-refractivity contribution in [1.82, 2.24) is 4.90 Å². The van der Waals surface area contributed by atoms with Crippen LogP contribution in [0.5, 0.6) is 0 Å². The molecule has 114 valence electrons. The molecule has 2 aromatic rings. The van der Waals surface area contributed by atoms with Crippen LogP contribution in [0.3, 0.4) is 0 Å². The highest BCUT2D eigenvalue weighted by Crippen LogP contribution is 2.30. The molecule has 1 saturated heterocycles. The van der Waals surface area contributed by atoms with Crippen LogP contribution < -0.4 is 0 Å². The van der Waals surface area contributed by atoms with Crippen molar-refractivity contribution in [2.24, 2.45) is 4.36 Å². The van der Waals surface area contributed by atoms with E-state index in [1.807, 2.05) is 35.0 Å². The van der Waals surface area contributed by atoms with Crippen molar-refractivity contribution < 1.29 is 8.95 Å². The Bertz CT molecular complexity index is 612. The number of thiophene rings is 2. The second-order valence-corrected chi connectivity index (χ2v) is 9.30. The van der Waals surface area contributed by atoms with Gasteiger partial charge in [-0.3, -0.25) is 4.90 Å². The van der Waals surface area contributed by atoms with Crippen LogP contribution in [-0.2, 0) is 14.5 Å². The summed E-state index contributed by atoms with van der Waals surface area (Å²) >= 11 is 3.04. The van der Waals surface area contributed by atoms with Crippen molar-refractivity contribution in [2.45, 2.75) is 8.42 Å². The van der Waals surface area contributed by atoms with Crippen molar-refractivity contribution in [3.05, 3.63) is 35.0 Å². The molecule has 0 radical (unpaired) electrons. The third-order valence-corrected chi connectivity index (χ3v) is 8.49. The number of morpholine rings is 1. The fourth-order valence-electron chi connectivity index (χ4n) is 2.20. The number of nitrogens with zero attached hydrogens (tertiary/aromatic N) is 2. The Morgan fingerprint density at radius 1 is 1.14 bits per heavy atom. The molecule has 4 nitrogen and oxygen atoms in total. The van der Waals surface area contributed by atoms with Crippen LogP contribution in [0.25, 0.3) is 0 Å². The average molecular weight is 343 g/mol. The van der Waals surface area contributed by atoms with Crippen molar-refractivity contribution in [3.8, 4) is 0 Å². The van der Waals surface area contributed by atoms with Crippen LogP contribution >= 0.6 is 22.7 Å². The third-order valence-electron chi connectivity index (χ3n) is 3.33. The molecule has 21 heavy (non-hydrogen) atoms. The van der Waals surface area contributed by atoms with Crippen LogP contribution in [-0.4, -0.2) is 48.5 Å². The summed E-state index contributed by atoms with van der Waals surface area (Å²) in [4.78, 5) is 2.32. The first-order valence-corrected chi connectivity index (χ1v) is 10.2. The fraction of sp³-hybridized carbons (Fsp3) is 0.429. The van der Waals surface area contributed by atoms with E-state index in [-0.39, 0.29) is 0 Å². The lowest BCUT2D eigenvalue weighted by Crippen LogP contribution is -2.37. The monoisotopic (exact) mass is 342 g/mol. The van der Waals surface area contributed by atoms with Gasteiger partial charge in [-0.1, -0.05) is 12.1 Å². The lowest BCUT2D eigenvalue weighted by atomic mass is 10.4. The predicted octanol–water partition coefficient (Wildman–Crippen LogP) is 3.03. The van der Waals surface area contributed by atoms with Gasteiger partial charge >= 0.3 is 0 Å². The second-order valence-electron chi connectivity index (χ2n) is 4.70. The molecule has 1 fully saturated rings. The first kappa shape index (κ1) is 15.2. The standard InChI is InChI=1S/C14H18N2O2S3/c17-21(13-3-1-11-19-13,14-4-2-12-20-14)15-5-6-16-7-9-18-10-8-16/h1-4,11-12H,5-10H2. The minimum atomic E-state index is -2.46. The number of hydrogen-bond donors (Lipinski definition) is 0. The van der Waals surface area contributed by atoms with Gasteiger partial charge in [0.1, 0.15) is 18.1 Å². The lowest BCUT2D eigenvalue weighted by molar-refractivity contribution is 0.0395. The van der Waals surface area contributed by atoms with Crippen LogP contribution in [0, 0.1) is 0 Å². The Morgan fingerprint density at radius 2 is 1.76 bits per heavy atom. The molecule has 2 aromatic heterocycles. The number of hydrogen-bond acceptors (Lipinski definition) is 6. The topological polar surface area (TPSA) is 41.9 Å². The molecule has 1 aliphatic rings. The molecular weight excluding hydrogens is 324 g/mol. The molecule has 1 aliphatic heterocycles. The van der Waals surface area contributed by atoms with E-state index in [0.717, 1.165) is 41.3 Å². The predicted molar refractivity (Wildman–Crippen MR) is 87.9 cm³/mol. The largest absolute Gasteiger partial charge is 0.379 e. The summed E-state index contributed by atoms with van der Waals surface area (Å²) in [7, 11) is -2.46. The Labute approximate surface area is 133 Å². The maximum Gasteiger partial charge on any atom is 0.123 e. The third kappa shape index (κ3) is 3.54. The SMILES string of the molecule is O=S(=NCCN1CCOCC1)(c1cccs1)c1cccs1. The van der Waals surface area contributed by atoms with E-state index < -0.39 is 9.73 Å². The van der Waals surface area contributed by atoms with Crippen molar-refractivity contribution >= 4 is 32.4 Å². The summed E-state index contributed by atoms with van der Waals surface area (Å²) in [5.41, 5.74) is 0. The average Bonchev–Trinajstić information content (AvgIpc) is 3.22. The maximum atomic E-state index is 13.4. The summed E-state index contributed by atoms with van der Waals surface area (Å²) in [6, 6.07) is 7.71. The zero-order valence-electron chi connectivity index (χ0n) is 11.6. The highest BCUT2D eigenvalue weighted by atomic mass is 32.3. The van der Waals surface area contributed by atoms with Crippen molar-refractivity contribution in [3.63, 3.8) is 0 Å². The first-order chi connectivity index (χ1) is 10.3. The van der Waals surface area contributed by atoms with E-state index in [2.05, 4.69) is 9.26 Å². The molecule has 3 rings (SSSR count). The van der Waals surface area contributed by atoms with E-state index >= 15 is 0 Å². The van der Waals surface area contributed by atoms with Gasteiger partial charge in [-0.2, -0.15) is 0 Å².